The second-order valence-corrected chi connectivity index (χ2v) is 5.56. The van der Waals surface area contributed by atoms with Crippen molar-refractivity contribution >= 4 is 5.78 Å². The summed E-state index contributed by atoms with van der Waals surface area (Å²) in [6.45, 7) is 1.65. The number of phenolic OH excluding ortho intramolecular Hbond substituents is 1. The lowest BCUT2D eigenvalue weighted by molar-refractivity contribution is -0.140. The second kappa shape index (κ2) is 5.13. The van der Waals surface area contributed by atoms with Gasteiger partial charge in [-0.25, -0.2) is 4.79 Å². The Morgan fingerprint density at radius 3 is 2.52 bits per heavy atom. The summed E-state index contributed by atoms with van der Waals surface area (Å²) >= 11 is 0. The molecular formula is C16H14O7. The van der Waals surface area contributed by atoms with Crippen LogP contribution in [-0.2, 0) is 6.42 Å². The fourth-order valence-corrected chi connectivity index (χ4v) is 2.73. The van der Waals surface area contributed by atoms with Crippen molar-refractivity contribution < 1.29 is 29.3 Å². The number of ketones is 1. The number of hydrogen-bond donors (Lipinski definition) is 3. The van der Waals surface area contributed by atoms with E-state index in [-0.39, 0.29) is 41.6 Å². The van der Waals surface area contributed by atoms with Crippen molar-refractivity contribution in [3.63, 3.8) is 0 Å². The van der Waals surface area contributed by atoms with Crippen molar-refractivity contribution in [1.82, 2.24) is 0 Å². The zero-order chi connectivity index (χ0) is 16.8. The molecule has 0 spiro atoms. The van der Waals surface area contributed by atoms with Crippen LogP contribution in [0.2, 0.25) is 0 Å². The summed E-state index contributed by atoms with van der Waals surface area (Å²) in [7, 11) is 0. The van der Waals surface area contributed by atoms with E-state index in [1.54, 1.807) is 6.92 Å². The molecule has 1 atom stereocenters. The standard InChI is InChI=1S/C16H14O7/c1-8-2-9(17)4-13-15(8)12(19)7-16(21,23-13)6-11-3-10(18)5-14(20)22-11/h2-5,17-18,21H,6-7H2,1H3/t16-/m0/s1. The molecule has 1 aromatic heterocycles. The molecule has 3 rings (SSSR count). The van der Waals surface area contributed by atoms with Crippen molar-refractivity contribution in [2.45, 2.75) is 25.6 Å². The first-order chi connectivity index (χ1) is 10.8. The minimum absolute atomic E-state index is 0.0226. The summed E-state index contributed by atoms with van der Waals surface area (Å²) in [6, 6.07) is 4.72. The molecule has 0 fully saturated rings. The number of benzene rings is 1. The molecule has 0 saturated carbocycles. The molecule has 7 heteroatoms. The monoisotopic (exact) mass is 318 g/mol. The number of Topliss-reactive ketones (excluding diaryl/α,β-unsaturated/α-hetero) is 1. The van der Waals surface area contributed by atoms with E-state index in [0.717, 1.165) is 12.1 Å². The predicted octanol–water partition coefficient (Wildman–Crippen LogP) is 1.26. The minimum Gasteiger partial charge on any atom is -0.508 e. The minimum atomic E-state index is -1.94. The maximum atomic E-state index is 12.3. The van der Waals surface area contributed by atoms with Gasteiger partial charge in [-0.2, -0.15) is 0 Å². The van der Waals surface area contributed by atoms with Crippen molar-refractivity contribution in [3.05, 3.63) is 51.6 Å². The molecule has 0 radical (unpaired) electrons. The summed E-state index contributed by atoms with van der Waals surface area (Å²) < 4.78 is 10.3. The van der Waals surface area contributed by atoms with Crippen LogP contribution in [0.15, 0.2) is 33.5 Å². The Hall–Kier alpha value is -2.80. The average molecular weight is 318 g/mol. The number of aliphatic hydroxyl groups is 1. The van der Waals surface area contributed by atoms with Crippen LogP contribution in [0.5, 0.6) is 17.2 Å². The summed E-state index contributed by atoms with van der Waals surface area (Å²) in [4.78, 5) is 23.6. The van der Waals surface area contributed by atoms with Gasteiger partial charge < -0.3 is 24.5 Å². The highest BCUT2D eigenvalue weighted by Crippen LogP contribution is 2.38. The van der Waals surface area contributed by atoms with Gasteiger partial charge in [-0.3, -0.25) is 4.79 Å². The molecule has 1 aliphatic rings. The average Bonchev–Trinajstić information content (AvgIpc) is 2.34. The zero-order valence-corrected chi connectivity index (χ0v) is 12.2. The Kier molecular flexibility index (Phi) is 3.37. The van der Waals surface area contributed by atoms with Gasteiger partial charge in [0.05, 0.1) is 24.5 Å². The van der Waals surface area contributed by atoms with Gasteiger partial charge in [-0.05, 0) is 18.6 Å². The van der Waals surface area contributed by atoms with Gasteiger partial charge in [0, 0.05) is 12.1 Å². The molecule has 7 nitrogen and oxygen atoms in total. The summed E-state index contributed by atoms with van der Waals surface area (Å²) in [5.74, 6) is -2.66. The predicted molar refractivity (Wildman–Crippen MR) is 77.7 cm³/mol. The van der Waals surface area contributed by atoms with E-state index >= 15 is 0 Å². The molecule has 0 amide bonds. The number of aromatic hydroxyl groups is 2. The maximum Gasteiger partial charge on any atom is 0.339 e. The molecule has 1 aliphatic heterocycles. The normalized spacial score (nSPS) is 20.0. The summed E-state index contributed by atoms with van der Waals surface area (Å²) in [5.41, 5.74) is 0.0559. The number of carbonyl (C=O) groups is 1. The van der Waals surface area contributed by atoms with Crippen LogP contribution < -0.4 is 10.4 Å². The first kappa shape index (κ1) is 15.1. The number of rotatable bonds is 2. The zero-order valence-electron chi connectivity index (χ0n) is 12.2. The molecule has 0 aliphatic carbocycles. The maximum absolute atomic E-state index is 12.3. The van der Waals surface area contributed by atoms with E-state index in [2.05, 4.69) is 0 Å². The molecule has 0 bridgehead atoms. The smallest absolute Gasteiger partial charge is 0.339 e. The topological polar surface area (TPSA) is 117 Å². The molecule has 2 heterocycles. The van der Waals surface area contributed by atoms with Gasteiger partial charge in [0.2, 0.25) is 5.79 Å². The Morgan fingerprint density at radius 1 is 1.13 bits per heavy atom. The molecule has 23 heavy (non-hydrogen) atoms. The number of phenols is 1. The Labute approximate surface area is 130 Å². The van der Waals surface area contributed by atoms with E-state index < -0.39 is 11.4 Å². The fourth-order valence-electron chi connectivity index (χ4n) is 2.73. The number of ether oxygens (including phenoxy) is 1. The van der Waals surface area contributed by atoms with E-state index in [1.165, 1.54) is 12.1 Å². The molecule has 0 unspecified atom stereocenters. The molecular weight excluding hydrogens is 304 g/mol. The lowest BCUT2D eigenvalue weighted by Gasteiger charge is -2.33. The Morgan fingerprint density at radius 2 is 1.83 bits per heavy atom. The highest BCUT2D eigenvalue weighted by molar-refractivity contribution is 6.01. The van der Waals surface area contributed by atoms with E-state index in [0.29, 0.717) is 11.1 Å². The lowest BCUT2D eigenvalue weighted by atomic mass is 9.92. The molecule has 0 saturated heterocycles. The van der Waals surface area contributed by atoms with Gasteiger partial charge in [0.25, 0.3) is 0 Å². The summed E-state index contributed by atoms with van der Waals surface area (Å²) in [5, 5.41) is 29.6. The lowest BCUT2D eigenvalue weighted by Crippen LogP contribution is -2.44. The third-order valence-corrected chi connectivity index (χ3v) is 3.56. The highest BCUT2D eigenvalue weighted by atomic mass is 16.6. The van der Waals surface area contributed by atoms with Gasteiger partial charge in [0.15, 0.2) is 5.78 Å². The van der Waals surface area contributed by atoms with Gasteiger partial charge in [-0.1, -0.05) is 0 Å². The van der Waals surface area contributed by atoms with Crippen LogP contribution in [-0.4, -0.2) is 26.9 Å². The van der Waals surface area contributed by atoms with Gasteiger partial charge in [-0.15, -0.1) is 0 Å². The Bertz CT molecular complexity index is 852. The van der Waals surface area contributed by atoms with Crippen molar-refractivity contribution in [3.8, 4) is 17.2 Å². The molecule has 120 valence electrons. The second-order valence-electron chi connectivity index (χ2n) is 5.56. The van der Waals surface area contributed by atoms with Crippen molar-refractivity contribution in [2.75, 3.05) is 0 Å². The van der Waals surface area contributed by atoms with E-state index in [9.17, 15) is 24.9 Å². The van der Waals surface area contributed by atoms with Crippen molar-refractivity contribution in [2.24, 2.45) is 0 Å². The SMILES string of the molecule is Cc1cc(O)cc2c1C(=O)C[C@](O)(Cc1cc(O)cc(=O)o1)O2. The van der Waals surface area contributed by atoms with Crippen molar-refractivity contribution in [1.29, 1.82) is 0 Å². The number of aryl methyl sites for hydroxylation is 1. The van der Waals surface area contributed by atoms with Crippen LogP contribution in [0.1, 0.15) is 28.1 Å². The molecule has 1 aromatic carbocycles. The first-order valence-corrected chi connectivity index (χ1v) is 6.87. The molecule has 2 aromatic rings. The first-order valence-electron chi connectivity index (χ1n) is 6.87. The third kappa shape index (κ3) is 2.91. The fraction of sp³-hybridized carbons (Fsp3) is 0.250. The van der Waals surface area contributed by atoms with Gasteiger partial charge >= 0.3 is 5.63 Å². The largest absolute Gasteiger partial charge is 0.508 e. The summed E-state index contributed by atoms with van der Waals surface area (Å²) in [6.07, 6.45) is -0.651. The number of carbonyl (C=O) groups excluding carboxylic acids is 1. The van der Waals surface area contributed by atoms with Crippen LogP contribution in [0.3, 0.4) is 0 Å². The van der Waals surface area contributed by atoms with E-state index in [1.807, 2.05) is 0 Å². The third-order valence-electron chi connectivity index (χ3n) is 3.56. The van der Waals surface area contributed by atoms with Crippen LogP contribution >= 0.6 is 0 Å². The number of hydrogen-bond acceptors (Lipinski definition) is 7. The molecule has 3 N–H and O–H groups in total. The van der Waals surface area contributed by atoms with Crippen LogP contribution in [0.4, 0.5) is 0 Å². The van der Waals surface area contributed by atoms with Crippen LogP contribution in [0, 0.1) is 6.92 Å². The highest BCUT2D eigenvalue weighted by Gasteiger charge is 2.40. The quantitative estimate of drug-likeness (QED) is 0.763. The Balaban J connectivity index is 1.97. The van der Waals surface area contributed by atoms with Crippen LogP contribution in [0.25, 0.3) is 0 Å². The van der Waals surface area contributed by atoms with Gasteiger partial charge in [0.1, 0.15) is 23.0 Å². The van der Waals surface area contributed by atoms with E-state index in [4.69, 9.17) is 9.15 Å². The number of fused-ring (bicyclic) bond motifs is 1.